The number of carbonyl (C=O) groups excluding carboxylic acids is 1. The molecule has 0 aliphatic heterocycles. The minimum Gasteiger partial charge on any atom is -0.368 e. The van der Waals surface area contributed by atoms with Gasteiger partial charge < -0.3 is 4.84 Å². The van der Waals surface area contributed by atoms with Crippen LogP contribution in [0.25, 0.3) is 0 Å². The first-order valence-electron chi connectivity index (χ1n) is 9.20. The first-order valence-corrected chi connectivity index (χ1v) is 9.20. The van der Waals surface area contributed by atoms with E-state index in [1.165, 1.54) is 38.5 Å². The number of hydrogen-bond acceptors (Lipinski definition) is 3. The molecular weight excluding hydrogens is 262 g/mol. The second-order valence-electron chi connectivity index (χ2n) is 5.97. The predicted molar refractivity (Wildman–Crippen MR) is 90.1 cm³/mol. The van der Waals surface area contributed by atoms with Crippen LogP contribution in [0.2, 0.25) is 0 Å². The smallest absolute Gasteiger partial charge is 0.325 e. The standard InChI is InChI=1S/C18H37NO2/c1-4-7-10-13-16-19(17-14-11-8-5-2)21-18(20)15-12-9-6-3/h4-17H2,1-3H3. The molecule has 0 aliphatic carbocycles. The molecule has 3 heteroatoms. The molecule has 0 amide bonds. The zero-order valence-corrected chi connectivity index (χ0v) is 14.7. The molecule has 0 saturated heterocycles. The highest BCUT2D eigenvalue weighted by Crippen LogP contribution is 2.08. The third kappa shape index (κ3) is 14.1. The van der Waals surface area contributed by atoms with Crippen LogP contribution in [0.1, 0.15) is 97.8 Å². The summed E-state index contributed by atoms with van der Waals surface area (Å²) in [7, 11) is 0. The molecule has 0 aromatic heterocycles. The summed E-state index contributed by atoms with van der Waals surface area (Å²) in [6.45, 7) is 8.38. The van der Waals surface area contributed by atoms with E-state index in [1.807, 2.05) is 5.06 Å². The SMILES string of the molecule is CCCCCCN(CCCCCC)OC(=O)CCCCC. The summed E-state index contributed by atoms with van der Waals surface area (Å²) >= 11 is 0. The predicted octanol–water partition coefficient (Wildman–Crippen LogP) is 5.49. The van der Waals surface area contributed by atoms with E-state index in [9.17, 15) is 4.79 Å². The van der Waals surface area contributed by atoms with Crippen LogP contribution in [-0.4, -0.2) is 24.1 Å². The molecule has 0 unspecified atom stereocenters. The van der Waals surface area contributed by atoms with E-state index in [1.54, 1.807) is 0 Å². The van der Waals surface area contributed by atoms with E-state index in [4.69, 9.17) is 4.84 Å². The highest BCUT2D eigenvalue weighted by Gasteiger charge is 2.11. The number of carbonyl (C=O) groups is 1. The molecule has 0 aliphatic rings. The Balaban J connectivity index is 3.94. The van der Waals surface area contributed by atoms with E-state index < -0.39 is 0 Å². The topological polar surface area (TPSA) is 29.5 Å². The van der Waals surface area contributed by atoms with E-state index in [0.717, 1.165) is 45.2 Å². The second kappa shape index (κ2) is 15.8. The molecular formula is C18H37NO2. The van der Waals surface area contributed by atoms with Crippen molar-refractivity contribution in [1.82, 2.24) is 5.06 Å². The number of unbranched alkanes of at least 4 members (excludes halogenated alkanes) is 8. The van der Waals surface area contributed by atoms with Gasteiger partial charge in [0, 0.05) is 19.5 Å². The summed E-state index contributed by atoms with van der Waals surface area (Å²) < 4.78 is 0. The quantitative estimate of drug-likeness (QED) is 0.296. The Morgan fingerprint density at radius 1 is 0.714 bits per heavy atom. The van der Waals surface area contributed by atoms with Crippen molar-refractivity contribution in [3.05, 3.63) is 0 Å². The Labute approximate surface area is 132 Å². The minimum atomic E-state index is -0.0468. The summed E-state index contributed by atoms with van der Waals surface area (Å²) in [6.07, 6.45) is 13.5. The van der Waals surface area contributed by atoms with Crippen LogP contribution >= 0.6 is 0 Å². The van der Waals surface area contributed by atoms with Crippen LogP contribution in [-0.2, 0) is 9.63 Å². The van der Waals surface area contributed by atoms with Gasteiger partial charge in [0.15, 0.2) is 0 Å². The van der Waals surface area contributed by atoms with Crippen molar-refractivity contribution in [2.45, 2.75) is 97.8 Å². The largest absolute Gasteiger partial charge is 0.368 e. The monoisotopic (exact) mass is 299 g/mol. The normalized spacial score (nSPS) is 11.0. The summed E-state index contributed by atoms with van der Waals surface area (Å²) in [5, 5.41) is 1.92. The summed E-state index contributed by atoms with van der Waals surface area (Å²) in [6, 6.07) is 0. The Kier molecular flexibility index (Phi) is 15.4. The third-order valence-corrected chi connectivity index (χ3v) is 3.74. The zero-order chi connectivity index (χ0) is 15.8. The highest BCUT2D eigenvalue weighted by molar-refractivity contribution is 5.68. The Morgan fingerprint density at radius 3 is 1.67 bits per heavy atom. The molecule has 0 aromatic carbocycles. The fraction of sp³-hybridized carbons (Fsp3) is 0.944. The van der Waals surface area contributed by atoms with Crippen molar-refractivity contribution in [3.63, 3.8) is 0 Å². The van der Waals surface area contributed by atoms with E-state index in [0.29, 0.717) is 6.42 Å². The molecule has 0 rings (SSSR count). The molecule has 3 nitrogen and oxygen atoms in total. The first-order chi connectivity index (χ1) is 10.2. The number of hydrogen-bond donors (Lipinski definition) is 0. The van der Waals surface area contributed by atoms with E-state index >= 15 is 0 Å². The molecule has 0 saturated carbocycles. The summed E-state index contributed by atoms with van der Waals surface area (Å²) in [4.78, 5) is 17.4. The molecule has 126 valence electrons. The fourth-order valence-electron chi connectivity index (χ4n) is 2.34. The van der Waals surface area contributed by atoms with Gasteiger partial charge in [0.2, 0.25) is 0 Å². The number of nitrogens with zero attached hydrogens (tertiary/aromatic N) is 1. The lowest BCUT2D eigenvalue weighted by atomic mass is 10.2. The number of hydroxylamine groups is 2. The molecule has 0 atom stereocenters. The van der Waals surface area contributed by atoms with Gasteiger partial charge in [0.25, 0.3) is 0 Å². The highest BCUT2D eigenvalue weighted by atomic mass is 16.7. The summed E-state index contributed by atoms with van der Waals surface area (Å²) in [5.41, 5.74) is 0. The Bertz CT molecular complexity index is 219. The molecule has 0 spiro atoms. The van der Waals surface area contributed by atoms with Crippen LogP contribution in [0, 0.1) is 0 Å². The lowest BCUT2D eigenvalue weighted by molar-refractivity contribution is -0.191. The van der Waals surface area contributed by atoms with Gasteiger partial charge in [-0.05, 0) is 19.3 Å². The van der Waals surface area contributed by atoms with Gasteiger partial charge in [0.1, 0.15) is 0 Å². The zero-order valence-electron chi connectivity index (χ0n) is 14.7. The van der Waals surface area contributed by atoms with E-state index in [-0.39, 0.29) is 5.97 Å². The molecule has 21 heavy (non-hydrogen) atoms. The van der Waals surface area contributed by atoms with Gasteiger partial charge in [-0.1, -0.05) is 72.1 Å². The maximum absolute atomic E-state index is 11.8. The average Bonchev–Trinajstić information content (AvgIpc) is 2.48. The van der Waals surface area contributed by atoms with Gasteiger partial charge in [0.05, 0.1) is 0 Å². The van der Waals surface area contributed by atoms with Crippen LogP contribution in [0.5, 0.6) is 0 Å². The van der Waals surface area contributed by atoms with Crippen molar-refractivity contribution in [2.75, 3.05) is 13.1 Å². The molecule has 0 N–H and O–H groups in total. The van der Waals surface area contributed by atoms with Crippen LogP contribution in [0.3, 0.4) is 0 Å². The molecule has 0 aromatic rings. The van der Waals surface area contributed by atoms with Gasteiger partial charge in [-0.25, -0.2) is 0 Å². The maximum Gasteiger partial charge on any atom is 0.325 e. The lowest BCUT2D eigenvalue weighted by Gasteiger charge is -2.21. The lowest BCUT2D eigenvalue weighted by Crippen LogP contribution is -2.29. The second-order valence-corrected chi connectivity index (χ2v) is 5.97. The minimum absolute atomic E-state index is 0.0468. The fourth-order valence-corrected chi connectivity index (χ4v) is 2.34. The molecule has 0 heterocycles. The van der Waals surface area contributed by atoms with Crippen molar-refractivity contribution < 1.29 is 9.63 Å². The van der Waals surface area contributed by atoms with Gasteiger partial charge >= 0.3 is 5.97 Å². The Morgan fingerprint density at radius 2 is 1.19 bits per heavy atom. The van der Waals surface area contributed by atoms with Crippen LogP contribution in [0.4, 0.5) is 0 Å². The number of rotatable bonds is 15. The van der Waals surface area contributed by atoms with Crippen LogP contribution in [0.15, 0.2) is 0 Å². The van der Waals surface area contributed by atoms with Gasteiger partial charge in [-0.15, -0.1) is 5.06 Å². The van der Waals surface area contributed by atoms with Crippen molar-refractivity contribution in [2.24, 2.45) is 0 Å². The third-order valence-electron chi connectivity index (χ3n) is 3.74. The maximum atomic E-state index is 11.8. The van der Waals surface area contributed by atoms with Crippen molar-refractivity contribution in [3.8, 4) is 0 Å². The average molecular weight is 299 g/mol. The van der Waals surface area contributed by atoms with Gasteiger partial charge in [-0.2, -0.15) is 0 Å². The summed E-state index contributed by atoms with van der Waals surface area (Å²) in [5.74, 6) is -0.0468. The first kappa shape index (κ1) is 20.4. The Hall–Kier alpha value is -0.570. The van der Waals surface area contributed by atoms with Crippen LogP contribution < -0.4 is 0 Å². The molecule has 0 fully saturated rings. The van der Waals surface area contributed by atoms with Crippen molar-refractivity contribution in [1.29, 1.82) is 0 Å². The molecule has 0 radical (unpaired) electrons. The van der Waals surface area contributed by atoms with Gasteiger partial charge in [-0.3, -0.25) is 4.79 Å². The molecule has 0 bridgehead atoms. The van der Waals surface area contributed by atoms with Crippen molar-refractivity contribution >= 4 is 5.97 Å². The van der Waals surface area contributed by atoms with E-state index in [2.05, 4.69) is 20.8 Å².